The summed E-state index contributed by atoms with van der Waals surface area (Å²) < 4.78 is 0. The normalized spacial score (nSPS) is 12.5. The minimum absolute atomic E-state index is 0.221. The maximum atomic E-state index is 10.6. The van der Waals surface area contributed by atoms with E-state index in [0.29, 0.717) is 18.8 Å². The third kappa shape index (κ3) is 3.71. The van der Waals surface area contributed by atoms with Gasteiger partial charge in [0.1, 0.15) is 5.82 Å². The van der Waals surface area contributed by atoms with Crippen LogP contribution in [0.15, 0.2) is 16.9 Å². The van der Waals surface area contributed by atoms with Gasteiger partial charge in [0.25, 0.3) is 5.56 Å². The second kappa shape index (κ2) is 4.61. The lowest BCUT2D eigenvalue weighted by atomic mass is 10.3. The van der Waals surface area contributed by atoms with E-state index in [1.165, 1.54) is 6.07 Å². The Hall–Kier alpha value is -1.36. The van der Waals surface area contributed by atoms with Crippen molar-refractivity contribution in [3.8, 4) is 0 Å². The van der Waals surface area contributed by atoms with Crippen molar-refractivity contribution in [3.05, 3.63) is 22.5 Å². The standard InChI is InChI=1S/C8H13N3O2/c1-6(12)4-5-9-7-2-3-8(13)11-10-7/h2-3,6,12H,4-5H2,1H3,(H,9,10)(H,11,13)/t6-/m1/s1. The molecule has 0 aliphatic carbocycles. The van der Waals surface area contributed by atoms with Gasteiger partial charge in [-0.15, -0.1) is 0 Å². The number of rotatable bonds is 4. The maximum Gasteiger partial charge on any atom is 0.264 e. The van der Waals surface area contributed by atoms with Crippen LogP contribution in [-0.2, 0) is 0 Å². The van der Waals surface area contributed by atoms with Gasteiger partial charge in [-0.05, 0) is 19.4 Å². The van der Waals surface area contributed by atoms with Crippen molar-refractivity contribution in [3.63, 3.8) is 0 Å². The lowest BCUT2D eigenvalue weighted by molar-refractivity contribution is 0.188. The van der Waals surface area contributed by atoms with Crippen molar-refractivity contribution in [1.82, 2.24) is 10.2 Å². The van der Waals surface area contributed by atoms with Gasteiger partial charge in [-0.3, -0.25) is 4.79 Å². The molecule has 0 unspecified atom stereocenters. The number of nitrogens with one attached hydrogen (secondary N) is 2. The monoisotopic (exact) mass is 183 g/mol. The van der Waals surface area contributed by atoms with Crippen molar-refractivity contribution >= 4 is 5.82 Å². The SMILES string of the molecule is C[C@@H](O)CCNc1ccc(=O)[nH]n1. The van der Waals surface area contributed by atoms with Gasteiger partial charge in [0.2, 0.25) is 0 Å². The van der Waals surface area contributed by atoms with Crippen LogP contribution in [0.4, 0.5) is 5.82 Å². The van der Waals surface area contributed by atoms with Crippen LogP contribution in [0.1, 0.15) is 13.3 Å². The second-order valence-electron chi connectivity index (χ2n) is 2.87. The maximum absolute atomic E-state index is 10.6. The molecule has 1 rings (SSSR count). The molecule has 1 atom stereocenters. The molecule has 0 radical (unpaired) electrons. The average molecular weight is 183 g/mol. The predicted octanol–water partition coefficient (Wildman–Crippen LogP) is -0.0473. The summed E-state index contributed by atoms with van der Waals surface area (Å²) in [6.45, 7) is 2.36. The number of aromatic nitrogens is 2. The molecule has 0 aromatic carbocycles. The molecule has 0 aliphatic rings. The van der Waals surface area contributed by atoms with E-state index in [0.717, 1.165) is 0 Å². The molecule has 1 aromatic heterocycles. The molecule has 1 heterocycles. The van der Waals surface area contributed by atoms with Gasteiger partial charge in [0.15, 0.2) is 0 Å². The van der Waals surface area contributed by atoms with Gasteiger partial charge in [0.05, 0.1) is 6.10 Å². The third-order valence-corrected chi connectivity index (χ3v) is 1.55. The highest BCUT2D eigenvalue weighted by molar-refractivity contribution is 5.31. The fourth-order valence-corrected chi connectivity index (χ4v) is 0.852. The Morgan fingerprint density at radius 2 is 2.46 bits per heavy atom. The first kappa shape index (κ1) is 9.73. The summed E-state index contributed by atoms with van der Waals surface area (Å²) in [5, 5.41) is 18.0. The summed E-state index contributed by atoms with van der Waals surface area (Å²) >= 11 is 0. The molecule has 0 saturated carbocycles. The average Bonchev–Trinajstić information content (AvgIpc) is 2.08. The number of hydrogen-bond acceptors (Lipinski definition) is 4. The van der Waals surface area contributed by atoms with Crippen LogP contribution in [0.25, 0.3) is 0 Å². The summed E-state index contributed by atoms with van der Waals surface area (Å²) in [7, 11) is 0. The van der Waals surface area contributed by atoms with Crippen LogP contribution in [0.3, 0.4) is 0 Å². The summed E-state index contributed by atoms with van der Waals surface area (Å²) in [6, 6.07) is 3.00. The fourth-order valence-electron chi connectivity index (χ4n) is 0.852. The molecule has 5 heteroatoms. The molecule has 0 bridgehead atoms. The lowest BCUT2D eigenvalue weighted by Gasteiger charge is -2.05. The van der Waals surface area contributed by atoms with E-state index in [2.05, 4.69) is 15.5 Å². The third-order valence-electron chi connectivity index (χ3n) is 1.55. The van der Waals surface area contributed by atoms with Crippen LogP contribution < -0.4 is 10.9 Å². The molecule has 72 valence electrons. The molecule has 13 heavy (non-hydrogen) atoms. The van der Waals surface area contributed by atoms with Crippen LogP contribution in [-0.4, -0.2) is 28.0 Å². The van der Waals surface area contributed by atoms with E-state index in [1.54, 1.807) is 13.0 Å². The van der Waals surface area contributed by atoms with Crippen molar-refractivity contribution in [2.45, 2.75) is 19.4 Å². The Kier molecular flexibility index (Phi) is 3.45. The van der Waals surface area contributed by atoms with Gasteiger partial charge in [-0.2, -0.15) is 5.10 Å². The quantitative estimate of drug-likeness (QED) is 0.611. The number of H-pyrrole nitrogens is 1. The van der Waals surface area contributed by atoms with Crippen LogP contribution in [0, 0.1) is 0 Å². The molecule has 3 N–H and O–H groups in total. The zero-order valence-corrected chi connectivity index (χ0v) is 7.45. The number of aliphatic hydroxyl groups is 1. The molecule has 1 aromatic rings. The summed E-state index contributed by atoms with van der Waals surface area (Å²) in [4.78, 5) is 10.6. The summed E-state index contributed by atoms with van der Waals surface area (Å²) in [5.74, 6) is 0.611. The van der Waals surface area contributed by atoms with Crippen molar-refractivity contribution in [2.75, 3.05) is 11.9 Å². The zero-order valence-electron chi connectivity index (χ0n) is 7.45. The largest absolute Gasteiger partial charge is 0.393 e. The topological polar surface area (TPSA) is 78.0 Å². The fraction of sp³-hybridized carbons (Fsp3) is 0.500. The van der Waals surface area contributed by atoms with Gasteiger partial charge in [-0.1, -0.05) is 0 Å². The van der Waals surface area contributed by atoms with Gasteiger partial charge >= 0.3 is 0 Å². The highest BCUT2D eigenvalue weighted by atomic mass is 16.3. The molecular formula is C8H13N3O2. The summed E-state index contributed by atoms with van der Waals surface area (Å²) in [5.41, 5.74) is -0.221. The molecule has 0 aliphatic heterocycles. The van der Waals surface area contributed by atoms with Crippen molar-refractivity contribution in [1.29, 1.82) is 0 Å². The van der Waals surface area contributed by atoms with Crippen molar-refractivity contribution in [2.24, 2.45) is 0 Å². The van der Waals surface area contributed by atoms with Crippen molar-refractivity contribution < 1.29 is 5.11 Å². The van der Waals surface area contributed by atoms with E-state index in [9.17, 15) is 4.79 Å². The number of hydrogen-bond donors (Lipinski definition) is 3. The van der Waals surface area contributed by atoms with Gasteiger partial charge in [0, 0.05) is 12.6 Å². The Morgan fingerprint density at radius 1 is 1.69 bits per heavy atom. The predicted molar refractivity (Wildman–Crippen MR) is 49.6 cm³/mol. The minimum atomic E-state index is -0.324. The Bertz CT molecular complexity index is 288. The van der Waals surface area contributed by atoms with E-state index in [1.807, 2.05) is 0 Å². The minimum Gasteiger partial charge on any atom is -0.393 e. The first-order chi connectivity index (χ1) is 6.18. The second-order valence-corrected chi connectivity index (χ2v) is 2.87. The van der Waals surface area contributed by atoms with E-state index in [-0.39, 0.29) is 11.7 Å². The number of aliphatic hydroxyl groups excluding tert-OH is 1. The highest BCUT2D eigenvalue weighted by Crippen LogP contribution is 1.97. The van der Waals surface area contributed by atoms with Crippen LogP contribution in [0.5, 0.6) is 0 Å². The van der Waals surface area contributed by atoms with Gasteiger partial charge < -0.3 is 10.4 Å². The smallest absolute Gasteiger partial charge is 0.264 e. The Labute approximate surface area is 75.8 Å². The Morgan fingerprint density at radius 3 is 3.00 bits per heavy atom. The molecule has 0 saturated heterocycles. The van der Waals surface area contributed by atoms with E-state index >= 15 is 0 Å². The molecule has 0 spiro atoms. The number of nitrogens with zero attached hydrogens (tertiary/aromatic N) is 1. The molecule has 5 nitrogen and oxygen atoms in total. The Balaban J connectivity index is 2.37. The highest BCUT2D eigenvalue weighted by Gasteiger charge is 1.96. The van der Waals surface area contributed by atoms with E-state index in [4.69, 9.17) is 5.11 Å². The molecule has 0 fully saturated rings. The summed E-state index contributed by atoms with van der Waals surface area (Å²) in [6.07, 6.45) is 0.330. The van der Waals surface area contributed by atoms with E-state index < -0.39 is 0 Å². The molecule has 0 amide bonds. The zero-order chi connectivity index (χ0) is 9.68. The first-order valence-corrected chi connectivity index (χ1v) is 4.16. The van der Waals surface area contributed by atoms with Crippen LogP contribution in [0.2, 0.25) is 0 Å². The molecular weight excluding hydrogens is 170 g/mol. The number of aromatic amines is 1. The van der Waals surface area contributed by atoms with Crippen LogP contribution >= 0.6 is 0 Å². The van der Waals surface area contributed by atoms with Gasteiger partial charge in [-0.25, -0.2) is 5.10 Å². The first-order valence-electron chi connectivity index (χ1n) is 4.16. The number of anilines is 1. The lowest BCUT2D eigenvalue weighted by Crippen LogP contribution is -2.13.